The Morgan fingerprint density at radius 2 is 1.97 bits per heavy atom. The van der Waals surface area contributed by atoms with Crippen LogP contribution in [-0.2, 0) is 16.0 Å². The maximum atomic E-state index is 13.5. The molecule has 0 unspecified atom stereocenters. The van der Waals surface area contributed by atoms with Crippen LogP contribution in [0.2, 0.25) is 0 Å². The number of hydrogen-bond donors (Lipinski definition) is 3. The highest BCUT2D eigenvalue weighted by Gasteiger charge is 2.16. The molecule has 1 aromatic carbocycles. The molecule has 0 saturated heterocycles. The summed E-state index contributed by atoms with van der Waals surface area (Å²) in [4.78, 5) is 36.5. The van der Waals surface area contributed by atoms with Crippen LogP contribution in [0.4, 0.5) is 21.8 Å². The first-order chi connectivity index (χ1) is 18.7. The summed E-state index contributed by atoms with van der Waals surface area (Å²) in [6, 6.07) is 7.82. The van der Waals surface area contributed by atoms with Crippen LogP contribution < -0.4 is 16.0 Å². The first kappa shape index (κ1) is 29.2. The molecule has 3 N–H and O–H groups in total. The fourth-order valence-corrected chi connectivity index (χ4v) is 3.42. The van der Waals surface area contributed by atoms with Crippen LogP contribution in [0, 0.1) is 5.82 Å². The lowest BCUT2D eigenvalue weighted by atomic mass is 10.2. The van der Waals surface area contributed by atoms with Crippen molar-refractivity contribution in [2.75, 3.05) is 58.0 Å². The summed E-state index contributed by atoms with van der Waals surface area (Å²) in [6.45, 7) is 3.64. The largest absolute Gasteiger partial charge is 0.369 e. The Hall–Kier alpha value is -4.32. The van der Waals surface area contributed by atoms with E-state index in [4.69, 9.17) is 4.52 Å². The van der Waals surface area contributed by atoms with Gasteiger partial charge >= 0.3 is 0 Å². The van der Waals surface area contributed by atoms with Crippen molar-refractivity contribution < 1.29 is 18.5 Å². The fraction of sp³-hybridized carbons (Fsp3) is 0.370. The van der Waals surface area contributed by atoms with Gasteiger partial charge in [-0.3, -0.25) is 9.59 Å². The van der Waals surface area contributed by atoms with Crippen molar-refractivity contribution in [2.45, 2.75) is 19.8 Å². The quantitative estimate of drug-likeness (QED) is 0.265. The predicted molar refractivity (Wildman–Crippen MR) is 148 cm³/mol. The van der Waals surface area contributed by atoms with Crippen molar-refractivity contribution >= 4 is 29.3 Å². The minimum absolute atomic E-state index is 0.0466. The molecule has 0 aliphatic heterocycles. The summed E-state index contributed by atoms with van der Waals surface area (Å²) in [5.41, 5.74) is 1.80. The molecule has 0 bridgehead atoms. The van der Waals surface area contributed by atoms with Crippen LogP contribution >= 0.6 is 0 Å². The Balaban J connectivity index is 1.57. The Bertz CT molecular complexity index is 1280. The minimum Gasteiger partial charge on any atom is -0.369 e. The van der Waals surface area contributed by atoms with Crippen molar-refractivity contribution in [3.63, 3.8) is 0 Å². The van der Waals surface area contributed by atoms with Gasteiger partial charge in [-0.1, -0.05) is 24.2 Å². The van der Waals surface area contributed by atoms with E-state index in [0.29, 0.717) is 60.5 Å². The van der Waals surface area contributed by atoms with Gasteiger partial charge in [0.15, 0.2) is 5.76 Å². The Labute approximate surface area is 227 Å². The molecular formula is C27H35FN8O3. The summed E-state index contributed by atoms with van der Waals surface area (Å²) in [5.74, 6) is 0.467. The first-order valence-corrected chi connectivity index (χ1v) is 12.7. The van der Waals surface area contributed by atoms with Gasteiger partial charge in [-0.25, -0.2) is 9.37 Å². The summed E-state index contributed by atoms with van der Waals surface area (Å²) in [6.07, 6.45) is 6.14. The van der Waals surface area contributed by atoms with E-state index < -0.39 is 0 Å². The molecule has 2 heterocycles. The van der Waals surface area contributed by atoms with Crippen LogP contribution in [0.3, 0.4) is 0 Å². The van der Waals surface area contributed by atoms with E-state index in [1.165, 1.54) is 23.1 Å². The van der Waals surface area contributed by atoms with Crippen LogP contribution in [0.15, 0.2) is 53.2 Å². The van der Waals surface area contributed by atoms with E-state index in [0.717, 1.165) is 6.42 Å². The summed E-state index contributed by atoms with van der Waals surface area (Å²) >= 11 is 0. The number of rotatable bonds is 14. The summed E-state index contributed by atoms with van der Waals surface area (Å²) < 4.78 is 19.1. The third-order valence-corrected chi connectivity index (χ3v) is 5.43. The number of carbonyl (C=O) groups is 2. The van der Waals surface area contributed by atoms with Crippen molar-refractivity contribution in [1.82, 2.24) is 30.2 Å². The molecular weight excluding hydrogens is 503 g/mol. The highest BCUT2D eigenvalue weighted by Crippen LogP contribution is 2.28. The molecule has 0 saturated carbocycles. The molecule has 0 atom stereocenters. The number of amides is 2. The topological polar surface area (TPSA) is 129 Å². The van der Waals surface area contributed by atoms with Gasteiger partial charge in [-0.15, -0.1) is 0 Å². The number of halogens is 1. The monoisotopic (exact) mass is 538 g/mol. The molecule has 0 spiro atoms. The minimum atomic E-state index is -0.361. The molecule has 3 aromatic rings. The number of likely N-dealkylation sites (N-methyl/N-ethyl adjacent to an activating group) is 2. The average molecular weight is 539 g/mol. The number of nitrogens with one attached hydrogen (secondary N) is 3. The molecule has 208 valence electrons. The standard InChI is InChI=1S/C27H35FN8O3/c1-5-12-30-26-22(17-31-27(33-26)32-20-9-6-8-19(28)15-20)23-16-21(34-39-23)11-13-29-24(37)18-36(4)25(38)10-7-14-35(2)3/h6-10,15-17H,5,11-14,18H2,1-4H3,(H,29,37)(H2,30,31,32,33)/b10-7+. The van der Waals surface area contributed by atoms with Crippen molar-refractivity contribution in [1.29, 1.82) is 0 Å². The van der Waals surface area contributed by atoms with E-state index in [-0.39, 0.29) is 24.2 Å². The van der Waals surface area contributed by atoms with Gasteiger partial charge in [0, 0.05) is 57.1 Å². The van der Waals surface area contributed by atoms with Crippen LogP contribution in [-0.4, -0.2) is 84.1 Å². The number of nitrogens with zero attached hydrogens (tertiary/aromatic N) is 5. The molecule has 11 nitrogen and oxygen atoms in total. The van der Waals surface area contributed by atoms with Crippen LogP contribution in [0.25, 0.3) is 11.3 Å². The number of aromatic nitrogens is 3. The summed E-state index contributed by atoms with van der Waals surface area (Å²) in [5, 5.41) is 13.2. The zero-order valence-electron chi connectivity index (χ0n) is 22.7. The molecule has 0 aliphatic carbocycles. The Morgan fingerprint density at radius 3 is 2.72 bits per heavy atom. The molecule has 0 fully saturated rings. The van der Waals surface area contributed by atoms with Crippen LogP contribution in [0.1, 0.15) is 19.0 Å². The molecule has 3 rings (SSSR count). The Kier molecular flexibility index (Phi) is 10.9. The maximum absolute atomic E-state index is 13.5. The Morgan fingerprint density at radius 1 is 1.15 bits per heavy atom. The highest BCUT2D eigenvalue weighted by atomic mass is 19.1. The normalized spacial score (nSPS) is 11.1. The molecule has 0 radical (unpaired) electrons. The van der Waals surface area contributed by atoms with E-state index in [2.05, 4.69) is 31.1 Å². The van der Waals surface area contributed by atoms with Gasteiger partial charge in [0.25, 0.3) is 0 Å². The fourth-order valence-electron chi connectivity index (χ4n) is 3.42. The smallest absolute Gasteiger partial charge is 0.246 e. The van der Waals surface area contributed by atoms with Crippen LogP contribution in [0.5, 0.6) is 0 Å². The van der Waals surface area contributed by atoms with Gasteiger partial charge in [-0.2, -0.15) is 4.98 Å². The lowest BCUT2D eigenvalue weighted by molar-refractivity contribution is -0.131. The van der Waals surface area contributed by atoms with E-state index >= 15 is 0 Å². The molecule has 2 aromatic heterocycles. The predicted octanol–water partition coefficient (Wildman–Crippen LogP) is 3.07. The lowest BCUT2D eigenvalue weighted by Gasteiger charge is -2.14. The molecule has 39 heavy (non-hydrogen) atoms. The second kappa shape index (κ2) is 14.6. The van der Waals surface area contributed by atoms with E-state index in [9.17, 15) is 14.0 Å². The number of benzene rings is 1. The molecule has 2 amide bonds. The third kappa shape index (κ3) is 9.49. The SMILES string of the molecule is CCCNc1nc(Nc2cccc(F)c2)ncc1-c1cc(CCNC(=O)CN(C)C(=O)/C=C/CN(C)C)no1. The highest BCUT2D eigenvalue weighted by molar-refractivity contribution is 5.91. The second-order valence-corrected chi connectivity index (χ2v) is 9.16. The molecule has 0 aliphatic rings. The zero-order chi connectivity index (χ0) is 28.2. The first-order valence-electron chi connectivity index (χ1n) is 12.7. The average Bonchev–Trinajstić information content (AvgIpc) is 3.36. The number of hydrogen-bond acceptors (Lipinski definition) is 9. The van der Waals surface area contributed by atoms with Gasteiger partial charge in [0.2, 0.25) is 17.8 Å². The van der Waals surface area contributed by atoms with Gasteiger partial charge < -0.3 is 30.3 Å². The van der Waals surface area contributed by atoms with E-state index in [1.807, 2.05) is 25.9 Å². The second-order valence-electron chi connectivity index (χ2n) is 9.16. The van der Waals surface area contributed by atoms with Crippen molar-refractivity contribution in [3.05, 3.63) is 60.2 Å². The van der Waals surface area contributed by atoms with Crippen molar-refractivity contribution in [3.8, 4) is 11.3 Å². The van der Waals surface area contributed by atoms with E-state index in [1.54, 1.807) is 37.5 Å². The van der Waals surface area contributed by atoms with Gasteiger partial charge in [0.05, 0.1) is 17.8 Å². The summed E-state index contributed by atoms with van der Waals surface area (Å²) in [7, 11) is 5.39. The third-order valence-electron chi connectivity index (χ3n) is 5.43. The van der Waals surface area contributed by atoms with Gasteiger partial charge in [0.1, 0.15) is 11.6 Å². The van der Waals surface area contributed by atoms with Crippen molar-refractivity contribution in [2.24, 2.45) is 0 Å². The number of anilines is 3. The lowest BCUT2D eigenvalue weighted by Crippen LogP contribution is -2.38. The zero-order valence-corrected chi connectivity index (χ0v) is 22.7. The van der Waals surface area contributed by atoms with Gasteiger partial charge in [-0.05, 0) is 38.7 Å². The maximum Gasteiger partial charge on any atom is 0.246 e. The molecule has 12 heteroatoms. The number of carbonyl (C=O) groups excluding carboxylic acids is 2.